The maximum Gasteiger partial charge on any atom is 0.169 e. The summed E-state index contributed by atoms with van der Waals surface area (Å²) in [6.45, 7) is 19.4. The van der Waals surface area contributed by atoms with Crippen LogP contribution in [-0.2, 0) is 6.54 Å². The van der Waals surface area contributed by atoms with Crippen molar-refractivity contribution in [3.8, 4) is 0 Å². The van der Waals surface area contributed by atoms with Gasteiger partial charge in [-0.25, -0.2) is 0 Å². The lowest BCUT2D eigenvalue weighted by Gasteiger charge is -2.44. The molecule has 29 heavy (non-hydrogen) atoms. The average molecular weight is 415 g/mol. The van der Waals surface area contributed by atoms with E-state index in [0.717, 1.165) is 17.7 Å². The standard InChI is InChI=1S/C25H42N2OSi/c1-17(2)14-24(28)22-12-11-13-23-25(22)21(15-26(9)10)16-27(23)29(18(3)4,19(5)6)20(7)8/h11-14,16,18-20,24,28H,15H2,1-10H3. The zero-order chi connectivity index (χ0) is 22.1. The van der Waals surface area contributed by atoms with E-state index < -0.39 is 14.3 Å². The fourth-order valence-corrected chi connectivity index (χ4v) is 12.3. The molecule has 2 rings (SSSR count). The third kappa shape index (κ3) is 4.40. The van der Waals surface area contributed by atoms with E-state index in [1.165, 1.54) is 16.5 Å². The van der Waals surface area contributed by atoms with Crippen LogP contribution in [0.1, 0.15) is 72.6 Å². The summed E-state index contributed by atoms with van der Waals surface area (Å²) in [7, 11) is 2.36. The van der Waals surface area contributed by atoms with E-state index >= 15 is 0 Å². The van der Waals surface area contributed by atoms with Gasteiger partial charge in [-0.3, -0.25) is 0 Å². The van der Waals surface area contributed by atoms with Gasteiger partial charge in [-0.2, -0.15) is 0 Å². The Labute approximate surface area is 179 Å². The lowest BCUT2D eigenvalue weighted by molar-refractivity contribution is 0.229. The van der Waals surface area contributed by atoms with E-state index in [1.807, 2.05) is 19.9 Å². The minimum Gasteiger partial charge on any atom is -0.384 e. The number of fused-ring (bicyclic) bond motifs is 1. The highest BCUT2D eigenvalue weighted by Gasteiger charge is 2.46. The van der Waals surface area contributed by atoms with Crippen LogP contribution in [-0.4, -0.2) is 36.6 Å². The minimum atomic E-state index is -1.89. The van der Waals surface area contributed by atoms with Gasteiger partial charge in [0.05, 0.1) is 6.10 Å². The molecule has 3 nitrogen and oxygen atoms in total. The summed E-state index contributed by atoms with van der Waals surface area (Å²) in [6.07, 6.45) is 3.81. The van der Waals surface area contributed by atoms with Crippen LogP contribution in [0.2, 0.25) is 16.6 Å². The molecular formula is C25H42N2OSi. The van der Waals surface area contributed by atoms with E-state index in [4.69, 9.17) is 0 Å². The molecule has 0 spiro atoms. The minimum absolute atomic E-state index is 0.575. The molecular weight excluding hydrogens is 372 g/mol. The highest BCUT2D eigenvalue weighted by Crippen LogP contribution is 2.45. The topological polar surface area (TPSA) is 28.4 Å². The van der Waals surface area contributed by atoms with Crippen LogP contribution in [0.3, 0.4) is 0 Å². The van der Waals surface area contributed by atoms with Crippen LogP contribution >= 0.6 is 0 Å². The molecule has 1 heterocycles. The first-order valence-electron chi connectivity index (χ1n) is 11.1. The van der Waals surface area contributed by atoms with E-state index in [0.29, 0.717) is 16.6 Å². The molecule has 0 radical (unpaired) electrons. The van der Waals surface area contributed by atoms with Crippen LogP contribution in [0.15, 0.2) is 36.0 Å². The maximum absolute atomic E-state index is 11.0. The average Bonchev–Trinajstić information content (AvgIpc) is 2.92. The van der Waals surface area contributed by atoms with E-state index in [2.05, 4.69) is 89.2 Å². The highest BCUT2D eigenvalue weighted by molar-refractivity contribution is 6.82. The predicted octanol–water partition coefficient (Wildman–Crippen LogP) is 6.73. The van der Waals surface area contributed by atoms with Crippen molar-refractivity contribution in [3.05, 3.63) is 47.2 Å². The molecule has 1 aromatic carbocycles. The molecule has 0 fully saturated rings. The highest BCUT2D eigenvalue weighted by atomic mass is 28.3. The molecule has 0 bridgehead atoms. The summed E-state index contributed by atoms with van der Waals surface area (Å²) in [5.74, 6) is 0. The first kappa shape index (κ1) is 23.9. The molecule has 1 N–H and O–H groups in total. The Morgan fingerprint density at radius 2 is 1.59 bits per heavy atom. The monoisotopic (exact) mass is 414 g/mol. The molecule has 0 amide bonds. The second-order valence-corrected chi connectivity index (χ2v) is 15.8. The zero-order valence-corrected chi connectivity index (χ0v) is 21.2. The Balaban J connectivity index is 2.93. The molecule has 1 aromatic heterocycles. The SMILES string of the molecule is CC(C)=CC(O)c1cccc2c1c(CN(C)C)cn2[Si](C(C)C)(C(C)C)C(C)C. The molecule has 0 aliphatic carbocycles. The van der Waals surface area contributed by atoms with Gasteiger partial charge in [-0.05, 0) is 61.8 Å². The fourth-order valence-electron chi connectivity index (χ4n) is 5.67. The third-order valence-electron chi connectivity index (χ3n) is 6.43. The Morgan fingerprint density at radius 3 is 2.03 bits per heavy atom. The first-order valence-corrected chi connectivity index (χ1v) is 13.2. The fraction of sp³-hybridized carbons (Fsp3) is 0.600. The van der Waals surface area contributed by atoms with Crippen LogP contribution in [0.5, 0.6) is 0 Å². The molecule has 0 aliphatic heterocycles. The molecule has 2 aromatic rings. The number of benzene rings is 1. The van der Waals surface area contributed by atoms with Gasteiger partial charge in [0, 0.05) is 23.6 Å². The van der Waals surface area contributed by atoms with Crippen molar-refractivity contribution in [2.75, 3.05) is 14.1 Å². The molecule has 1 unspecified atom stereocenters. The van der Waals surface area contributed by atoms with E-state index in [9.17, 15) is 5.11 Å². The van der Waals surface area contributed by atoms with Crippen LogP contribution in [0.4, 0.5) is 0 Å². The summed E-state index contributed by atoms with van der Waals surface area (Å²) in [5, 5.41) is 12.2. The number of rotatable bonds is 8. The van der Waals surface area contributed by atoms with Crippen molar-refractivity contribution in [1.82, 2.24) is 9.13 Å². The van der Waals surface area contributed by atoms with E-state index in [-0.39, 0.29) is 0 Å². The smallest absolute Gasteiger partial charge is 0.169 e. The second-order valence-electron chi connectivity index (χ2n) is 10.0. The van der Waals surface area contributed by atoms with E-state index in [1.54, 1.807) is 0 Å². The van der Waals surface area contributed by atoms with Crippen molar-refractivity contribution in [1.29, 1.82) is 0 Å². The van der Waals surface area contributed by atoms with Gasteiger partial charge < -0.3 is 14.2 Å². The molecule has 162 valence electrons. The largest absolute Gasteiger partial charge is 0.384 e. The van der Waals surface area contributed by atoms with Gasteiger partial charge in [0.2, 0.25) is 0 Å². The first-order chi connectivity index (χ1) is 13.4. The molecule has 4 heteroatoms. The number of aliphatic hydroxyl groups is 1. The Morgan fingerprint density at radius 1 is 1.03 bits per heavy atom. The van der Waals surface area contributed by atoms with Gasteiger partial charge in [0.1, 0.15) is 0 Å². The molecule has 0 aliphatic rings. The van der Waals surface area contributed by atoms with Crippen molar-refractivity contribution < 1.29 is 5.11 Å². The summed E-state index contributed by atoms with van der Waals surface area (Å²) in [4.78, 5) is 2.23. The van der Waals surface area contributed by atoms with Gasteiger partial charge in [0.15, 0.2) is 8.24 Å². The number of hydrogen-bond donors (Lipinski definition) is 1. The van der Waals surface area contributed by atoms with Gasteiger partial charge in [0.25, 0.3) is 0 Å². The number of hydrogen-bond acceptors (Lipinski definition) is 2. The van der Waals surface area contributed by atoms with Crippen LogP contribution in [0.25, 0.3) is 10.9 Å². The summed E-state index contributed by atoms with van der Waals surface area (Å²) in [5.41, 5.74) is 6.64. The maximum atomic E-state index is 11.0. The van der Waals surface area contributed by atoms with Crippen molar-refractivity contribution in [2.24, 2.45) is 0 Å². The van der Waals surface area contributed by atoms with Gasteiger partial charge in [-0.1, -0.05) is 65.3 Å². The lowest BCUT2D eigenvalue weighted by atomic mass is 10.00. The van der Waals surface area contributed by atoms with Crippen molar-refractivity contribution >= 4 is 19.1 Å². The molecule has 0 saturated heterocycles. The lowest BCUT2D eigenvalue weighted by Crippen LogP contribution is -2.51. The zero-order valence-electron chi connectivity index (χ0n) is 20.2. The third-order valence-corrected chi connectivity index (χ3v) is 13.2. The predicted molar refractivity (Wildman–Crippen MR) is 130 cm³/mol. The number of allylic oxidation sites excluding steroid dienone is 1. The normalized spacial score (nSPS) is 13.9. The summed E-state index contributed by atoms with van der Waals surface area (Å²) < 4.78 is 2.68. The van der Waals surface area contributed by atoms with Gasteiger partial charge >= 0.3 is 0 Å². The quantitative estimate of drug-likeness (QED) is 0.383. The molecule has 1 atom stereocenters. The number of aromatic nitrogens is 1. The van der Waals surface area contributed by atoms with Gasteiger partial charge in [-0.15, -0.1) is 0 Å². The Kier molecular flexibility index (Phi) is 7.58. The molecule has 0 saturated carbocycles. The van der Waals surface area contributed by atoms with Crippen molar-refractivity contribution in [3.63, 3.8) is 0 Å². The number of nitrogens with zero attached hydrogens (tertiary/aromatic N) is 2. The second kappa shape index (κ2) is 9.19. The van der Waals surface area contributed by atoms with Crippen LogP contribution < -0.4 is 0 Å². The Hall–Kier alpha value is -1.36. The summed E-state index contributed by atoms with van der Waals surface area (Å²) in [6, 6.07) is 6.48. The summed E-state index contributed by atoms with van der Waals surface area (Å²) >= 11 is 0. The van der Waals surface area contributed by atoms with Crippen molar-refractivity contribution in [2.45, 2.75) is 84.7 Å². The Bertz CT molecular complexity index is 835. The van der Waals surface area contributed by atoms with Crippen LogP contribution in [0, 0.1) is 0 Å². The number of aliphatic hydroxyl groups excluding tert-OH is 1.